The number of nitrogens with zero attached hydrogens (tertiary/aromatic N) is 2. The van der Waals surface area contributed by atoms with Crippen molar-refractivity contribution in [2.24, 2.45) is 5.92 Å². The first-order chi connectivity index (χ1) is 13.9. The van der Waals surface area contributed by atoms with Gasteiger partial charge in [-0.2, -0.15) is 0 Å². The highest BCUT2D eigenvalue weighted by molar-refractivity contribution is 5.68. The van der Waals surface area contributed by atoms with Crippen LogP contribution < -0.4 is 4.90 Å². The third-order valence-corrected chi connectivity index (χ3v) is 6.06. The van der Waals surface area contributed by atoms with Crippen LogP contribution >= 0.6 is 0 Å². The smallest absolute Gasteiger partial charge is 0.410 e. The Kier molecular flexibility index (Phi) is 5.53. The normalized spacial score (nSPS) is 20.3. The fourth-order valence-corrected chi connectivity index (χ4v) is 4.74. The van der Waals surface area contributed by atoms with Gasteiger partial charge in [0.15, 0.2) is 0 Å². The minimum atomic E-state index is -0.444. The Morgan fingerprint density at radius 1 is 0.931 bits per heavy atom. The number of benzene rings is 2. The maximum Gasteiger partial charge on any atom is 0.410 e. The monoisotopic (exact) mass is 392 g/mol. The molecule has 0 unspecified atom stereocenters. The van der Waals surface area contributed by atoms with Gasteiger partial charge in [0.05, 0.1) is 6.04 Å². The summed E-state index contributed by atoms with van der Waals surface area (Å²) in [6.45, 7) is 8.34. The van der Waals surface area contributed by atoms with Crippen molar-refractivity contribution in [3.63, 3.8) is 0 Å². The fraction of sp³-hybridized carbons (Fsp3) is 0.480. The molecule has 0 aliphatic carbocycles. The molecule has 0 aromatic heterocycles. The molecule has 4 heteroatoms. The number of carbonyl (C=O) groups excluding carboxylic acids is 1. The van der Waals surface area contributed by atoms with Gasteiger partial charge in [0.1, 0.15) is 5.60 Å². The zero-order valence-corrected chi connectivity index (χ0v) is 17.8. The molecule has 1 amide bonds. The van der Waals surface area contributed by atoms with Crippen LogP contribution in [0.5, 0.6) is 0 Å². The van der Waals surface area contributed by atoms with E-state index in [9.17, 15) is 4.79 Å². The lowest BCUT2D eigenvalue weighted by Gasteiger charge is -2.45. The van der Waals surface area contributed by atoms with Crippen LogP contribution in [0, 0.1) is 5.92 Å². The molecule has 0 spiro atoms. The van der Waals surface area contributed by atoms with Crippen molar-refractivity contribution in [1.82, 2.24) is 4.90 Å². The molecule has 4 rings (SSSR count). The molecular formula is C25H32N2O2. The van der Waals surface area contributed by atoms with Crippen molar-refractivity contribution < 1.29 is 9.53 Å². The molecular weight excluding hydrogens is 360 g/mol. The quantitative estimate of drug-likeness (QED) is 0.682. The lowest BCUT2D eigenvalue weighted by Crippen LogP contribution is -2.46. The number of amides is 1. The number of rotatable bonds is 2. The lowest BCUT2D eigenvalue weighted by molar-refractivity contribution is 0.0172. The fourth-order valence-electron chi connectivity index (χ4n) is 4.74. The molecule has 1 fully saturated rings. The number of ether oxygens (including phenoxy) is 1. The molecule has 29 heavy (non-hydrogen) atoms. The highest BCUT2D eigenvalue weighted by Gasteiger charge is 2.37. The number of fused-ring (bicyclic) bond motifs is 1. The summed E-state index contributed by atoms with van der Waals surface area (Å²) in [5.41, 5.74) is 3.78. The third-order valence-electron chi connectivity index (χ3n) is 6.06. The maximum absolute atomic E-state index is 12.5. The number of likely N-dealkylation sites (tertiary alicyclic amines) is 1. The van der Waals surface area contributed by atoms with Gasteiger partial charge in [0.25, 0.3) is 0 Å². The highest BCUT2D eigenvalue weighted by Crippen LogP contribution is 2.42. The van der Waals surface area contributed by atoms with Crippen molar-refractivity contribution in [2.45, 2.75) is 51.7 Å². The predicted octanol–water partition coefficient (Wildman–Crippen LogP) is 5.44. The average molecular weight is 393 g/mol. The largest absolute Gasteiger partial charge is 0.444 e. The standard InChI is InChI=1S/C25H32N2O2/c1-25(2,3)29-24(28)26-16-13-20(14-17-26)23-22-12-8-7-9-19(22)15-18-27(23)21-10-5-4-6-11-21/h4-12,20,23H,13-18H2,1-3H3/t23-/m0/s1. The number of hydrogen-bond acceptors (Lipinski definition) is 3. The van der Waals surface area contributed by atoms with Gasteiger partial charge < -0.3 is 14.5 Å². The van der Waals surface area contributed by atoms with E-state index in [1.807, 2.05) is 25.7 Å². The Morgan fingerprint density at radius 3 is 2.28 bits per heavy atom. The van der Waals surface area contributed by atoms with E-state index < -0.39 is 5.60 Å². The third kappa shape index (κ3) is 4.42. The number of hydrogen-bond donors (Lipinski definition) is 0. The Bertz CT molecular complexity index is 835. The summed E-state index contributed by atoms with van der Waals surface area (Å²) in [5.74, 6) is 0.523. The first kappa shape index (κ1) is 19.8. The van der Waals surface area contributed by atoms with Gasteiger partial charge >= 0.3 is 6.09 Å². The number of anilines is 1. The molecule has 0 bridgehead atoms. The van der Waals surface area contributed by atoms with E-state index in [1.165, 1.54) is 16.8 Å². The minimum absolute atomic E-state index is 0.181. The number of para-hydroxylation sites is 1. The zero-order valence-electron chi connectivity index (χ0n) is 17.8. The highest BCUT2D eigenvalue weighted by atomic mass is 16.6. The zero-order chi connectivity index (χ0) is 20.4. The van der Waals surface area contributed by atoms with Crippen molar-refractivity contribution in [1.29, 1.82) is 0 Å². The predicted molar refractivity (Wildman–Crippen MR) is 117 cm³/mol. The SMILES string of the molecule is CC(C)(C)OC(=O)N1CCC([C@H]2c3ccccc3CCN2c2ccccc2)CC1. The summed E-state index contributed by atoms with van der Waals surface area (Å²) in [4.78, 5) is 16.9. The second kappa shape index (κ2) is 8.10. The Labute approximate surface area is 174 Å². The van der Waals surface area contributed by atoms with Gasteiger partial charge in [-0.15, -0.1) is 0 Å². The summed E-state index contributed by atoms with van der Waals surface area (Å²) in [7, 11) is 0. The van der Waals surface area contributed by atoms with E-state index in [4.69, 9.17) is 4.74 Å². The van der Waals surface area contributed by atoms with Gasteiger partial charge in [-0.1, -0.05) is 42.5 Å². The van der Waals surface area contributed by atoms with Crippen molar-refractivity contribution >= 4 is 11.8 Å². The second-order valence-electron chi connectivity index (χ2n) is 9.23. The van der Waals surface area contributed by atoms with E-state index in [2.05, 4.69) is 59.5 Å². The molecule has 2 aliphatic heterocycles. The Balaban J connectivity index is 1.54. The molecule has 2 heterocycles. The average Bonchev–Trinajstić information content (AvgIpc) is 2.72. The Hall–Kier alpha value is -2.49. The van der Waals surface area contributed by atoms with E-state index in [0.717, 1.165) is 38.9 Å². The molecule has 0 radical (unpaired) electrons. The van der Waals surface area contributed by atoms with Crippen LogP contribution in [0.3, 0.4) is 0 Å². The Morgan fingerprint density at radius 2 is 1.59 bits per heavy atom. The molecule has 2 aromatic rings. The molecule has 154 valence electrons. The van der Waals surface area contributed by atoms with Crippen LogP contribution in [0.15, 0.2) is 54.6 Å². The topological polar surface area (TPSA) is 32.8 Å². The van der Waals surface area contributed by atoms with E-state index in [-0.39, 0.29) is 6.09 Å². The van der Waals surface area contributed by atoms with Crippen LogP contribution in [0.1, 0.15) is 50.8 Å². The first-order valence-electron chi connectivity index (χ1n) is 10.8. The summed E-state index contributed by atoms with van der Waals surface area (Å²) in [6, 6.07) is 20.0. The summed E-state index contributed by atoms with van der Waals surface area (Å²) >= 11 is 0. The van der Waals surface area contributed by atoms with Crippen molar-refractivity contribution in [2.75, 3.05) is 24.5 Å². The van der Waals surface area contributed by atoms with Gasteiger partial charge in [-0.25, -0.2) is 4.79 Å². The number of carbonyl (C=O) groups is 1. The van der Waals surface area contributed by atoms with E-state index in [0.29, 0.717) is 12.0 Å². The maximum atomic E-state index is 12.5. The van der Waals surface area contributed by atoms with Gasteiger partial charge in [0.2, 0.25) is 0 Å². The van der Waals surface area contributed by atoms with E-state index >= 15 is 0 Å². The van der Waals surface area contributed by atoms with Gasteiger partial charge in [-0.05, 0) is 69.2 Å². The molecule has 2 aromatic carbocycles. The van der Waals surface area contributed by atoms with Crippen molar-refractivity contribution in [3.8, 4) is 0 Å². The van der Waals surface area contributed by atoms with Crippen LogP contribution in [-0.2, 0) is 11.2 Å². The molecule has 1 atom stereocenters. The first-order valence-corrected chi connectivity index (χ1v) is 10.8. The van der Waals surface area contributed by atoms with Crippen molar-refractivity contribution in [3.05, 3.63) is 65.7 Å². The summed E-state index contributed by atoms with van der Waals surface area (Å²) in [6.07, 6.45) is 2.90. The minimum Gasteiger partial charge on any atom is -0.444 e. The molecule has 4 nitrogen and oxygen atoms in total. The lowest BCUT2D eigenvalue weighted by atomic mass is 9.80. The molecule has 0 saturated carbocycles. The van der Waals surface area contributed by atoms with Crippen LogP contribution in [0.2, 0.25) is 0 Å². The van der Waals surface area contributed by atoms with Crippen LogP contribution in [-0.4, -0.2) is 36.2 Å². The van der Waals surface area contributed by atoms with Gasteiger partial charge in [-0.3, -0.25) is 0 Å². The van der Waals surface area contributed by atoms with Crippen LogP contribution in [0.25, 0.3) is 0 Å². The number of piperidine rings is 1. The molecule has 0 N–H and O–H groups in total. The van der Waals surface area contributed by atoms with Gasteiger partial charge in [0, 0.05) is 25.3 Å². The van der Waals surface area contributed by atoms with Crippen LogP contribution in [0.4, 0.5) is 10.5 Å². The summed E-state index contributed by atoms with van der Waals surface area (Å²) < 4.78 is 5.58. The molecule has 2 aliphatic rings. The van der Waals surface area contributed by atoms with E-state index in [1.54, 1.807) is 0 Å². The second-order valence-corrected chi connectivity index (χ2v) is 9.23. The summed E-state index contributed by atoms with van der Waals surface area (Å²) in [5, 5.41) is 0. The molecule has 1 saturated heterocycles.